The Morgan fingerprint density at radius 1 is 0.805 bits per heavy atom. The number of carbonyl (C=O) groups is 2. The molecule has 6 nitrogen and oxygen atoms in total. The molecule has 8 heteroatoms. The molecule has 1 heterocycles. The van der Waals surface area contributed by atoms with Crippen LogP contribution in [-0.4, -0.2) is 27.3 Å². The van der Waals surface area contributed by atoms with Gasteiger partial charge in [0.15, 0.2) is 5.60 Å². The maximum Gasteiger partial charge on any atom is 0.340 e. The van der Waals surface area contributed by atoms with E-state index in [1.807, 2.05) is 39.8 Å². The number of halogens is 2. The Balaban J connectivity index is 2.32. The summed E-state index contributed by atoms with van der Waals surface area (Å²) in [7, 11) is 0. The van der Waals surface area contributed by atoms with E-state index >= 15 is 0 Å². The summed E-state index contributed by atoms with van der Waals surface area (Å²) in [6.45, 7) is 8.08. The molecule has 3 N–H and O–H groups in total. The van der Waals surface area contributed by atoms with Crippen LogP contribution in [0.1, 0.15) is 113 Å². The molecular formula is C33H36Br2O6. The fourth-order valence-electron chi connectivity index (χ4n) is 6.05. The van der Waals surface area contributed by atoms with Gasteiger partial charge in [-0.3, -0.25) is 0 Å². The molecule has 0 atom stereocenters. The molecule has 0 saturated carbocycles. The minimum atomic E-state index is -1.63. The van der Waals surface area contributed by atoms with Gasteiger partial charge in [-0.2, -0.15) is 0 Å². The number of aryl methyl sites for hydroxylation is 2. The van der Waals surface area contributed by atoms with Gasteiger partial charge < -0.3 is 20.1 Å². The van der Waals surface area contributed by atoms with Gasteiger partial charge in [-0.15, -0.1) is 0 Å². The van der Waals surface area contributed by atoms with E-state index in [1.165, 1.54) is 6.07 Å². The number of carbonyl (C=O) groups excluding carboxylic acids is 1. The van der Waals surface area contributed by atoms with Crippen molar-refractivity contribution in [2.24, 2.45) is 0 Å². The molecule has 1 aliphatic rings. The number of rotatable bonds is 11. The molecule has 218 valence electrons. The molecule has 4 rings (SSSR count). The number of fused-ring (bicyclic) bond motifs is 1. The molecule has 3 aromatic rings. The van der Waals surface area contributed by atoms with Gasteiger partial charge >= 0.3 is 11.9 Å². The van der Waals surface area contributed by atoms with Crippen molar-refractivity contribution in [3.8, 4) is 11.5 Å². The standard InChI is InChI=1S/C33H36Br2O6/c1-5-10-18-16-24(20(12-7-3)27(34)29(18)36)33(26-22(31(38)39)14-9-15-23(26)32(40)41-33)25-17-19(11-6-2)30(37)28(35)21(25)13-8-4/h9,14-17,36-37H,5-8,10-13H2,1-4H3,(H,38,39). The highest BCUT2D eigenvalue weighted by Crippen LogP contribution is 2.55. The second-order valence-electron chi connectivity index (χ2n) is 10.6. The number of hydrogen-bond donors (Lipinski definition) is 3. The van der Waals surface area contributed by atoms with Gasteiger partial charge in [0.05, 0.1) is 20.1 Å². The van der Waals surface area contributed by atoms with Crippen LogP contribution >= 0.6 is 31.9 Å². The lowest BCUT2D eigenvalue weighted by molar-refractivity contribution is 0.0240. The first kappa shape index (κ1) is 31.1. The third kappa shape index (κ3) is 5.18. The maximum atomic E-state index is 13.7. The number of hydrogen-bond acceptors (Lipinski definition) is 5. The Morgan fingerprint density at radius 2 is 1.27 bits per heavy atom. The van der Waals surface area contributed by atoms with Crippen molar-refractivity contribution in [2.75, 3.05) is 0 Å². The molecule has 3 aromatic carbocycles. The zero-order valence-corrected chi connectivity index (χ0v) is 27.0. The highest BCUT2D eigenvalue weighted by Gasteiger charge is 2.53. The Hall–Kier alpha value is -2.84. The van der Waals surface area contributed by atoms with Crippen LogP contribution in [0.2, 0.25) is 0 Å². The second-order valence-corrected chi connectivity index (χ2v) is 12.1. The maximum absolute atomic E-state index is 13.7. The predicted molar refractivity (Wildman–Crippen MR) is 166 cm³/mol. The van der Waals surface area contributed by atoms with Crippen LogP contribution in [0.3, 0.4) is 0 Å². The molecule has 0 amide bonds. The van der Waals surface area contributed by atoms with Crippen molar-refractivity contribution >= 4 is 43.8 Å². The van der Waals surface area contributed by atoms with Crippen LogP contribution in [-0.2, 0) is 36.0 Å². The third-order valence-electron chi connectivity index (χ3n) is 7.75. The van der Waals surface area contributed by atoms with Crippen molar-refractivity contribution in [3.05, 3.63) is 89.3 Å². The molecule has 0 spiro atoms. The summed E-state index contributed by atoms with van der Waals surface area (Å²) in [5.41, 5.74) is 2.88. The van der Waals surface area contributed by atoms with Gasteiger partial charge in [0, 0.05) is 16.7 Å². The molecular weight excluding hydrogens is 652 g/mol. The van der Waals surface area contributed by atoms with Gasteiger partial charge in [-0.1, -0.05) is 59.4 Å². The van der Waals surface area contributed by atoms with E-state index in [0.29, 0.717) is 56.9 Å². The second kappa shape index (κ2) is 12.6. The van der Waals surface area contributed by atoms with Gasteiger partial charge in [0.25, 0.3) is 0 Å². The van der Waals surface area contributed by atoms with Crippen molar-refractivity contribution in [1.82, 2.24) is 0 Å². The fourth-order valence-corrected chi connectivity index (χ4v) is 7.38. The lowest BCUT2D eigenvalue weighted by atomic mass is 9.72. The van der Waals surface area contributed by atoms with E-state index in [0.717, 1.165) is 36.8 Å². The number of esters is 1. The number of phenolic OH excluding ortho intramolecular Hbond substituents is 2. The van der Waals surface area contributed by atoms with Crippen LogP contribution < -0.4 is 0 Å². The molecule has 0 unspecified atom stereocenters. The zero-order valence-electron chi connectivity index (χ0n) is 23.9. The van der Waals surface area contributed by atoms with Gasteiger partial charge in [0.2, 0.25) is 0 Å². The topological polar surface area (TPSA) is 104 Å². The van der Waals surface area contributed by atoms with Gasteiger partial charge in [0.1, 0.15) is 11.5 Å². The smallest absolute Gasteiger partial charge is 0.340 e. The third-order valence-corrected chi connectivity index (χ3v) is 9.46. The van der Waals surface area contributed by atoms with Gasteiger partial charge in [-0.25, -0.2) is 9.59 Å². The molecule has 0 fully saturated rings. The number of carboxylic acid groups (broad SMARTS) is 1. The first-order valence-corrected chi connectivity index (χ1v) is 15.8. The summed E-state index contributed by atoms with van der Waals surface area (Å²) >= 11 is 7.32. The zero-order chi connectivity index (χ0) is 30.1. The average Bonchev–Trinajstić information content (AvgIpc) is 3.25. The van der Waals surface area contributed by atoms with Crippen molar-refractivity contribution in [1.29, 1.82) is 0 Å². The number of aromatic carboxylic acids is 1. The van der Waals surface area contributed by atoms with Gasteiger partial charge in [-0.05, 0) is 104 Å². The molecule has 41 heavy (non-hydrogen) atoms. The molecule has 0 saturated heterocycles. The normalized spacial score (nSPS) is 13.8. The van der Waals surface area contributed by atoms with Crippen molar-refractivity contribution in [3.63, 3.8) is 0 Å². The number of aromatic hydroxyl groups is 2. The minimum absolute atomic E-state index is 0.0271. The van der Waals surface area contributed by atoms with E-state index in [4.69, 9.17) is 4.74 Å². The number of benzene rings is 3. The molecule has 0 aliphatic carbocycles. The number of phenols is 2. The van der Waals surface area contributed by atoms with Crippen LogP contribution in [0.4, 0.5) is 0 Å². The van der Waals surface area contributed by atoms with Crippen LogP contribution in [0.5, 0.6) is 11.5 Å². The Kier molecular flexibility index (Phi) is 9.54. The Bertz CT molecular complexity index is 1440. The van der Waals surface area contributed by atoms with Crippen LogP contribution in [0, 0.1) is 0 Å². The Morgan fingerprint density at radius 3 is 1.68 bits per heavy atom. The number of carboxylic acids is 1. The summed E-state index contributed by atoms with van der Waals surface area (Å²) in [6, 6.07) is 8.43. The summed E-state index contributed by atoms with van der Waals surface area (Å²) in [6.07, 6.45) is 5.24. The molecule has 1 aliphatic heterocycles. The lowest BCUT2D eigenvalue weighted by Gasteiger charge is -2.36. The predicted octanol–water partition coefficient (Wildman–Crippen LogP) is 8.59. The lowest BCUT2D eigenvalue weighted by Crippen LogP contribution is -2.34. The molecule has 0 bridgehead atoms. The van der Waals surface area contributed by atoms with Crippen LogP contribution in [0.25, 0.3) is 0 Å². The summed E-state index contributed by atoms with van der Waals surface area (Å²) in [5, 5.41) is 32.8. The highest BCUT2D eigenvalue weighted by atomic mass is 79.9. The minimum Gasteiger partial charge on any atom is -0.506 e. The van der Waals surface area contributed by atoms with Crippen molar-refractivity contribution < 1.29 is 29.6 Å². The first-order valence-electron chi connectivity index (χ1n) is 14.3. The number of cyclic esters (lactones) is 1. The van der Waals surface area contributed by atoms with E-state index in [9.17, 15) is 24.9 Å². The van der Waals surface area contributed by atoms with E-state index < -0.39 is 17.5 Å². The SMILES string of the molecule is CCCc1cc(C2(c3cc(CCC)c(O)c(Br)c3CCC)OC(=O)c3cccc(C(=O)O)c32)c(CCC)c(Br)c1O. The molecule has 0 aromatic heterocycles. The van der Waals surface area contributed by atoms with E-state index in [2.05, 4.69) is 31.9 Å². The monoisotopic (exact) mass is 686 g/mol. The summed E-state index contributed by atoms with van der Waals surface area (Å²) in [4.78, 5) is 26.5. The van der Waals surface area contributed by atoms with E-state index in [-0.39, 0.29) is 28.2 Å². The summed E-state index contributed by atoms with van der Waals surface area (Å²) in [5.74, 6) is -1.51. The number of ether oxygens (including phenoxy) is 1. The largest absolute Gasteiger partial charge is 0.506 e. The average molecular weight is 688 g/mol. The van der Waals surface area contributed by atoms with E-state index in [1.54, 1.807) is 12.1 Å². The van der Waals surface area contributed by atoms with Crippen LogP contribution in [0.15, 0.2) is 39.3 Å². The molecule has 0 radical (unpaired) electrons. The quantitative estimate of drug-likeness (QED) is 0.175. The fraction of sp³-hybridized carbons (Fsp3) is 0.394. The summed E-state index contributed by atoms with van der Waals surface area (Å²) < 4.78 is 7.53. The highest BCUT2D eigenvalue weighted by molar-refractivity contribution is 9.11. The first-order chi connectivity index (χ1) is 19.6. The van der Waals surface area contributed by atoms with Crippen molar-refractivity contribution in [2.45, 2.75) is 84.7 Å². The Labute approximate surface area is 258 Å².